The van der Waals surface area contributed by atoms with Gasteiger partial charge in [-0.15, -0.1) is 10.2 Å². The molecule has 0 aliphatic rings. The number of aliphatic hydroxyl groups excluding tert-OH is 1. The van der Waals surface area contributed by atoms with Crippen LogP contribution in [0.4, 0.5) is 17.6 Å². The Bertz CT molecular complexity index is 1450. The summed E-state index contributed by atoms with van der Waals surface area (Å²) in [6.07, 6.45) is -9.24. The van der Waals surface area contributed by atoms with E-state index in [1.54, 1.807) is 0 Å². The minimum Gasteiger partial charge on any atom is -0.382 e. The summed E-state index contributed by atoms with van der Waals surface area (Å²) in [6, 6.07) is 11.5. The molecule has 2 unspecified atom stereocenters. The van der Waals surface area contributed by atoms with Crippen molar-refractivity contribution < 1.29 is 22.7 Å². The number of benzene rings is 2. The molecule has 8 nitrogen and oxygen atoms in total. The Morgan fingerprint density at radius 3 is 2.24 bits per heavy atom. The molecule has 4 rings (SSSR count). The quantitative estimate of drug-likeness (QED) is 0.348. The molecule has 1 N–H and O–H groups in total. The Balaban J connectivity index is 1.79. The summed E-state index contributed by atoms with van der Waals surface area (Å²) in [5.74, 6) is -0.0727. The van der Waals surface area contributed by atoms with Crippen molar-refractivity contribution in [2.75, 3.05) is 0 Å². The number of aryl methyl sites for hydroxylation is 2. The Kier molecular flexibility index (Phi) is 7.24. The SMILES string of the molecule is Cc1cccc(C)c1-n1nc(Cn2nc(-c3ccc(Cl)cc3)n(CC(O)C(F)(F)F)c2=O)nc1C(C)F. The third kappa shape index (κ3) is 5.44. The van der Waals surface area contributed by atoms with E-state index in [-0.39, 0.29) is 24.0 Å². The number of aromatic nitrogens is 6. The van der Waals surface area contributed by atoms with Crippen LogP contribution >= 0.6 is 11.6 Å². The van der Waals surface area contributed by atoms with Crippen molar-refractivity contribution in [1.82, 2.24) is 29.1 Å². The lowest BCUT2D eigenvalue weighted by Gasteiger charge is -2.15. The molecule has 0 bridgehead atoms. The smallest absolute Gasteiger partial charge is 0.382 e. The molecule has 0 amide bonds. The van der Waals surface area contributed by atoms with Crippen LogP contribution in [0.1, 0.15) is 35.9 Å². The van der Waals surface area contributed by atoms with Gasteiger partial charge in [0.05, 0.1) is 12.2 Å². The van der Waals surface area contributed by atoms with E-state index in [0.717, 1.165) is 20.4 Å². The van der Waals surface area contributed by atoms with E-state index in [4.69, 9.17) is 11.6 Å². The molecule has 0 saturated heterocycles. The number of hydrogen-bond acceptors (Lipinski definition) is 5. The third-order valence-electron chi connectivity index (χ3n) is 5.73. The molecule has 37 heavy (non-hydrogen) atoms. The van der Waals surface area contributed by atoms with Gasteiger partial charge in [0.15, 0.2) is 29.7 Å². The zero-order chi connectivity index (χ0) is 27.1. The summed E-state index contributed by atoms with van der Waals surface area (Å²) >= 11 is 5.91. The summed E-state index contributed by atoms with van der Waals surface area (Å²) in [5, 5.41) is 18.6. The zero-order valence-electron chi connectivity index (χ0n) is 20.0. The van der Waals surface area contributed by atoms with Crippen molar-refractivity contribution in [2.24, 2.45) is 0 Å². The van der Waals surface area contributed by atoms with Crippen molar-refractivity contribution in [3.8, 4) is 17.1 Å². The fraction of sp³-hybridized carbons (Fsp3) is 0.333. The molecule has 2 aromatic carbocycles. The number of hydrogen-bond donors (Lipinski definition) is 1. The van der Waals surface area contributed by atoms with Crippen molar-refractivity contribution in [2.45, 2.75) is 52.3 Å². The molecule has 0 spiro atoms. The number of alkyl halides is 4. The van der Waals surface area contributed by atoms with Crippen LogP contribution in [0.15, 0.2) is 47.3 Å². The van der Waals surface area contributed by atoms with Gasteiger partial charge in [0.25, 0.3) is 0 Å². The van der Waals surface area contributed by atoms with Crippen LogP contribution in [0, 0.1) is 13.8 Å². The van der Waals surface area contributed by atoms with Gasteiger partial charge in [0.1, 0.15) is 6.54 Å². The highest BCUT2D eigenvalue weighted by atomic mass is 35.5. The summed E-state index contributed by atoms with van der Waals surface area (Å²) in [7, 11) is 0. The topological polar surface area (TPSA) is 90.8 Å². The third-order valence-corrected chi connectivity index (χ3v) is 5.98. The standard InChI is InChI=1S/C24H23ClF4N6O2/c1-13-5-4-6-14(2)20(13)35-21(15(3)26)30-19(31-35)12-34-23(37)33(11-18(36)24(27,28)29)22(32-34)16-7-9-17(25)10-8-16/h4-10,15,18,36H,11-12H2,1-3H3. The summed E-state index contributed by atoms with van der Waals surface area (Å²) in [6.45, 7) is 3.57. The number of nitrogens with zero attached hydrogens (tertiary/aromatic N) is 6. The van der Waals surface area contributed by atoms with Gasteiger partial charge in [-0.05, 0) is 56.2 Å². The van der Waals surface area contributed by atoms with E-state index in [1.807, 2.05) is 32.0 Å². The Morgan fingerprint density at radius 2 is 1.68 bits per heavy atom. The zero-order valence-corrected chi connectivity index (χ0v) is 20.8. The molecule has 0 aliphatic carbocycles. The number of aliphatic hydroxyl groups is 1. The molecular weight excluding hydrogens is 516 g/mol. The van der Waals surface area contributed by atoms with E-state index in [0.29, 0.717) is 16.3 Å². The number of halogens is 5. The average molecular weight is 539 g/mol. The van der Waals surface area contributed by atoms with Crippen LogP contribution in [0.3, 0.4) is 0 Å². The number of rotatable bonds is 7. The molecule has 2 heterocycles. The van der Waals surface area contributed by atoms with Crippen LogP contribution in [0.25, 0.3) is 17.1 Å². The van der Waals surface area contributed by atoms with Gasteiger partial charge in [-0.1, -0.05) is 29.8 Å². The first-order valence-corrected chi connectivity index (χ1v) is 11.6. The lowest BCUT2D eigenvalue weighted by Crippen LogP contribution is -2.37. The molecular formula is C24H23ClF4N6O2. The average Bonchev–Trinajstić information content (AvgIpc) is 3.36. The van der Waals surface area contributed by atoms with Crippen molar-refractivity contribution >= 4 is 11.6 Å². The highest BCUT2D eigenvalue weighted by Gasteiger charge is 2.39. The van der Waals surface area contributed by atoms with Crippen molar-refractivity contribution in [3.05, 3.63) is 80.7 Å². The molecule has 196 valence electrons. The molecule has 0 aliphatic heterocycles. The maximum Gasteiger partial charge on any atom is 0.416 e. The summed E-state index contributed by atoms with van der Waals surface area (Å²) in [5.41, 5.74) is 1.67. The second-order valence-corrected chi connectivity index (χ2v) is 9.03. The molecule has 4 aromatic rings. The highest BCUT2D eigenvalue weighted by Crippen LogP contribution is 2.26. The normalized spacial score (nSPS) is 13.6. The second kappa shape index (κ2) is 10.1. The predicted molar refractivity (Wildman–Crippen MR) is 128 cm³/mol. The summed E-state index contributed by atoms with van der Waals surface area (Å²) < 4.78 is 56.7. The fourth-order valence-electron chi connectivity index (χ4n) is 3.93. The monoisotopic (exact) mass is 538 g/mol. The van der Waals surface area contributed by atoms with Crippen molar-refractivity contribution in [1.29, 1.82) is 0 Å². The van der Waals surface area contributed by atoms with Gasteiger partial charge >= 0.3 is 11.9 Å². The summed E-state index contributed by atoms with van der Waals surface area (Å²) in [4.78, 5) is 17.4. The van der Waals surface area contributed by atoms with E-state index >= 15 is 0 Å². The van der Waals surface area contributed by atoms with Gasteiger partial charge in [0, 0.05) is 10.6 Å². The number of para-hydroxylation sites is 1. The molecule has 2 atom stereocenters. The molecule has 0 fully saturated rings. The Morgan fingerprint density at radius 1 is 1.05 bits per heavy atom. The minimum absolute atomic E-state index is 0.00491. The lowest BCUT2D eigenvalue weighted by molar-refractivity contribution is -0.207. The van der Waals surface area contributed by atoms with E-state index in [2.05, 4.69) is 15.2 Å². The van der Waals surface area contributed by atoms with Crippen LogP contribution in [-0.4, -0.2) is 46.5 Å². The second-order valence-electron chi connectivity index (χ2n) is 8.59. The maximum absolute atomic E-state index is 14.5. The van der Waals surface area contributed by atoms with Gasteiger partial charge in [-0.2, -0.15) is 13.2 Å². The van der Waals surface area contributed by atoms with Gasteiger partial charge < -0.3 is 5.11 Å². The first-order valence-electron chi connectivity index (χ1n) is 11.2. The van der Waals surface area contributed by atoms with E-state index < -0.39 is 30.7 Å². The fourth-order valence-corrected chi connectivity index (χ4v) is 4.05. The molecule has 0 radical (unpaired) electrons. The van der Waals surface area contributed by atoms with Crippen LogP contribution in [0.2, 0.25) is 5.02 Å². The van der Waals surface area contributed by atoms with Gasteiger partial charge in [0.2, 0.25) is 0 Å². The van der Waals surface area contributed by atoms with E-state index in [1.165, 1.54) is 35.9 Å². The van der Waals surface area contributed by atoms with Crippen LogP contribution in [-0.2, 0) is 13.1 Å². The minimum atomic E-state index is -4.95. The van der Waals surface area contributed by atoms with E-state index in [9.17, 15) is 27.5 Å². The van der Waals surface area contributed by atoms with Gasteiger partial charge in [-0.3, -0.25) is 4.57 Å². The van der Waals surface area contributed by atoms with Gasteiger partial charge in [-0.25, -0.2) is 23.5 Å². The first-order chi connectivity index (χ1) is 17.4. The Labute approximate surface area is 213 Å². The largest absolute Gasteiger partial charge is 0.416 e. The first kappa shape index (κ1) is 26.6. The molecule has 0 saturated carbocycles. The van der Waals surface area contributed by atoms with Crippen molar-refractivity contribution in [3.63, 3.8) is 0 Å². The molecule has 2 aromatic heterocycles. The highest BCUT2D eigenvalue weighted by molar-refractivity contribution is 6.30. The molecule has 13 heteroatoms. The lowest BCUT2D eigenvalue weighted by atomic mass is 10.1. The Hall–Kier alpha value is -3.51. The van der Waals surface area contributed by atoms with Crippen LogP contribution in [0.5, 0.6) is 0 Å². The maximum atomic E-state index is 14.5. The predicted octanol–water partition coefficient (Wildman–Crippen LogP) is 4.56. The van der Waals surface area contributed by atoms with Crippen LogP contribution < -0.4 is 5.69 Å².